The summed E-state index contributed by atoms with van der Waals surface area (Å²) < 4.78 is 198. The van der Waals surface area contributed by atoms with Crippen LogP contribution in [0.2, 0.25) is 0 Å². The van der Waals surface area contributed by atoms with Gasteiger partial charge in [-0.1, -0.05) is 6.58 Å². The summed E-state index contributed by atoms with van der Waals surface area (Å²) in [5, 5.41) is 0. The van der Waals surface area contributed by atoms with Crippen molar-refractivity contribution in [1.29, 1.82) is 0 Å². The Morgan fingerprint density at radius 1 is 0.690 bits per heavy atom. The highest BCUT2D eigenvalue weighted by atomic mass is 19.4. The molecule has 0 atom stereocenters. The molecule has 17 heteroatoms. The number of alkyl halides is 15. The molecule has 0 bridgehead atoms. The first-order chi connectivity index (χ1) is 12.5. The van der Waals surface area contributed by atoms with Gasteiger partial charge in [-0.15, -0.1) is 0 Å². The lowest BCUT2D eigenvalue weighted by molar-refractivity contribution is -0.507. The lowest BCUT2D eigenvalue weighted by Gasteiger charge is -2.46. The molecule has 0 rings (SSSR count). The molecule has 0 heterocycles. The van der Waals surface area contributed by atoms with Crippen molar-refractivity contribution in [3.63, 3.8) is 0 Å². The van der Waals surface area contributed by atoms with Crippen LogP contribution in [0, 0.1) is 5.41 Å². The number of rotatable bonds is 7. The summed E-state index contributed by atoms with van der Waals surface area (Å²) in [6.45, 7) is 0.686. The van der Waals surface area contributed by atoms with Crippen molar-refractivity contribution in [3.8, 4) is 0 Å². The zero-order valence-corrected chi connectivity index (χ0v) is 13.2. The van der Waals surface area contributed by atoms with Crippen LogP contribution in [-0.4, -0.2) is 48.9 Å². The molecule has 0 aromatic rings. The van der Waals surface area contributed by atoms with Gasteiger partial charge in [0, 0.05) is 6.08 Å². The molecule has 29 heavy (non-hydrogen) atoms. The molecule has 0 radical (unpaired) electrons. The van der Waals surface area contributed by atoms with E-state index in [1.54, 1.807) is 0 Å². The van der Waals surface area contributed by atoms with E-state index >= 15 is 0 Å². The third kappa shape index (κ3) is 4.08. The van der Waals surface area contributed by atoms with Gasteiger partial charge in [0.25, 0.3) is 0 Å². The van der Waals surface area contributed by atoms with Crippen LogP contribution in [0.5, 0.6) is 0 Å². The number of carbonyl (C=O) groups excluding carboxylic acids is 1. The molecule has 0 amide bonds. The summed E-state index contributed by atoms with van der Waals surface area (Å²) in [7, 11) is 0. The van der Waals surface area contributed by atoms with Crippen molar-refractivity contribution in [2.45, 2.75) is 42.7 Å². The van der Waals surface area contributed by atoms with Gasteiger partial charge in [-0.25, -0.2) is 4.79 Å². The fourth-order valence-corrected chi connectivity index (χ4v) is 1.98. The van der Waals surface area contributed by atoms with E-state index in [0.717, 1.165) is 0 Å². The highest BCUT2D eigenvalue weighted by Crippen LogP contribution is 2.70. The molecule has 0 aliphatic rings. The van der Waals surface area contributed by atoms with Gasteiger partial charge in [0.15, 0.2) is 0 Å². The summed E-state index contributed by atoms with van der Waals surface area (Å²) >= 11 is 0. The normalized spacial score (nSPS) is 15.3. The molecular weight excluding hydrogens is 461 g/mol. The van der Waals surface area contributed by atoms with Gasteiger partial charge >= 0.3 is 47.7 Å². The van der Waals surface area contributed by atoms with E-state index in [-0.39, 0.29) is 6.08 Å². The Morgan fingerprint density at radius 2 is 1.03 bits per heavy atom. The second-order valence-electron chi connectivity index (χ2n) is 5.22. The summed E-state index contributed by atoms with van der Waals surface area (Å²) in [5.41, 5.74) is -8.55. The van der Waals surface area contributed by atoms with Crippen LogP contribution < -0.4 is 0 Å². The van der Waals surface area contributed by atoms with Gasteiger partial charge in [0.2, 0.25) is 0 Å². The Kier molecular flexibility index (Phi) is 6.97. The molecule has 0 saturated carbocycles. The molecule has 0 spiro atoms. The number of esters is 1. The standard InChI is InChI=1S/C12H7F15O2/c1-2-5(28)29-4-3-6(13,14)8(15,16)9(17,18)7(10(19,20)21,11(22,23)24)12(25,26)27/h2H,1,3-4H2. The highest BCUT2D eigenvalue weighted by molar-refractivity contribution is 5.81. The van der Waals surface area contributed by atoms with E-state index in [1.807, 2.05) is 0 Å². The minimum Gasteiger partial charge on any atom is -0.462 e. The average molecular weight is 468 g/mol. The Bertz CT molecular complexity index is 574. The quantitative estimate of drug-likeness (QED) is 0.273. The number of hydrogen-bond acceptors (Lipinski definition) is 2. The lowest BCUT2D eigenvalue weighted by Crippen LogP contribution is -2.75. The maximum Gasteiger partial charge on any atom is 0.418 e. The Hall–Kier alpha value is -1.84. The second kappa shape index (κ2) is 7.45. The van der Waals surface area contributed by atoms with E-state index in [1.165, 1.54) is 0 Å². The molecule has 0 saturated heterocycles. The molecule has 0 unspecified atom stereocenters. The molecule has 172 valence electrons. The number of hydrogen-bond donors (Lipinski definition) is 0. The third-order valence-corrected chi connectivity index (χ3v) is 3.43. The van der Waals surface area contributed by atoms with Gasteiger partial charge in [-0.3, -0.25) is 0 Å². The zero-order chi connectivity index (χ0) is 23.9. The number of carbonyl (C=O) groups is 1. The average Bonchev–Trinajstić information content (AvgIpc) is 2.41. The molecule has 0 aromatic carbocycles. The van der Waals surface area contributed by atoms with Gasteiger partial charge < -0.3 is 4.74 Å². The van der Waals surface area contributed by atoms with E-state index in [2.05, 4.69) is 11.3 Å². The van der Waals surface area contributed by atoms with Crippen LogP contribution >= 0.6 is 0 Å². The van der Waals surface area contributed by atoms with E-state index in [9.17, 15) is 70.7 Å². The van der Waals surface area contributed by atoms with Crippen molar-refractivity contribution in [2.24, 2.45) is 5.41 Å². The Morgan fingerprint density at radius 3 is 1.31 bits per heavy atom. The predicted molar refractivity (Wildman–Crippen MR) is 61.2 cm³/mol. The molecule has 0 aromatic heterocycles. The van der Waals surface area contributed by atoms with E-state index in [0.29, 0.717) is 0 Å². The predicted octanol–water partition coefficient (Wildman–Crippen LogP) is 5.68. The van der Waals surface area contributed by atoms with Crippen LogP contribution in [0.1, 0.15) is 6.42 Å². The van der Waals surface area contributed by atoms with E-state index in [4.69, 9.17) is 0 Å². The minimum absolute atomic E-state index is 0.215. The van der Waals surface area contributed by atoms with Crippen LogP contribution in [0.3, 0.4) is 0 Å². The summed E-state index contributed by atoms with van der Waals surface area (Å²) in [4.78, 5) is 10.5. The Balaban J connectivity index is 6.67. The zero-order valence-electron chi connectivity index (χ0n) is 13.2. The monoisotopic (exact) mass is 468 g/mol. The SMILES string of the molecule is C=CC(=O)OCCC(F)(F)C(F)(F)C(F)(F)C(C(F)(F)F)(C(F)(F)F)C(F)(F)F. The summed E-state index contributed by atoms with van der Waals surface area (Å²) in [6, 6.07) is 0. The molecule has 2 nitrogen and oxygen atoms in total. The molecule has 0 aliphatic carbocycles. The van der Waals surface area contributed by atoms with Crippen molar-refractivity contribution in [2.75, 3.05) is 6.61 Å². The smallest absolute Gasteiger partial charge is 0.418 e. The fourth-order valence-electron chi connectivity index (χ4n) is 1.98. The van der Waals surface area contributed by atoms with Crippen molar-refractivity contribution >= 4 is 5.97 Å². The topological polar surface area (TPSA) is 26.3 Å². The largest absolute Gasteiger partial charge is 0.462 e. The van der Waals surface area contributed by atoms with Crippen molar-refractivity contribution < 1.29 is 75.4 Å². The molecule has 0 N–H and O–H groups in total. The number of ether oxygens (including phenoxy) is 1. The van der Waals surface area contributed by atoms with Crippen molar-refractivity contribution in [3.05, 3.63) is 12.7 Å². The summed E-state index contributed by atoms with van der Waals surface area (Å²) in [6.07, 6.45) is -27.3. The maximum absolute atomic E-state index is 13.6. The van der Waals surface area contributed by atoms with Crippen LogP contribution in [-0.2, 0) is 9.53 Å². The first kappa shape index (κ1) is 27.2. The molecular formula is C12H7F15O2. The highest BCUT2D eigenvalue weighted by Gasteiger charge is 2.99. The van der Waals surface area contributed by atoms with E-state index < -0.39 is 60.7 Å². The first-order valence-electron chi connectivity index (χ1n) is 6.58. The van der Waals surface area contributed by atoms with Crippen molar-refractivity contribution in [1.82, 2.24) is 0 Å². The van der Waals surface area contributed by atoms with Crippen LogP contribution in [0.4, 0.5) is 65.9 Å². The Labute approximate surface area is 150 Å². The molecule has 0 aliphatic heterocycles. The van der Waals surface area contributed by atoms with Gasteiger partial charge in [0.1, 0.15) is 0 Å². The molecule has 0 fully saturated rings. The summed E-state index contributed by atoms with van der Waals surface area (Å²) in [5.74, 6) is -24.6. The van der Waals surface area contributed by atoms with Gasteiger partial charge in [-0.2, -0.15) is 65.9 Å². The fraction of sp³-hybridized carbons (Fsp3) is 0.750. The lowest BCUT2D eigenvalue weighted by atomic mass is 9.73. The van der Waals surface area contributed by atoms with Crippen LogP contribution in [0.25, 0.3) is 0 Å². The third-order valence-electron chi connectivity index (χ3n) is 3.43. The first-order valence-corrected chi connectivity index (χ1v) is 6.58. The second-order valence-corrected chi connectivity index (χ2v) is 5.22. The van der Waals surface area contributed by atoms with Gasteiger partial charge in [0.05, 0.1) is 13.0 Å². The maximum atomic E-state index is 13.6. The number of halogens is 15. The van der Waals surface area contributed by atoms with Gasteiger partial charge in [-0.05, 0) is 0 Å². The minimum atomic E-state index is -8.55. The van der Waals surface area contributed by atoms with Crippen LogP contribution in [0.15, 0.2) is 12.7 Å².